The molecule has 0 saturated carbocycles. The number of aliphatic imine (C=N–C) groups is 1. The van der Waals surface area contributed by atoms with Crippen LogP contribution in [0, 0.1) is 0 Å². The minimum absolute atomic E-state index is 0.0572. The van der Waals surface area contributed by atoms with Crippen molar-refractivity contribution in [1.82, 2.24) is 14.9 Å². The van der Waals surface area contributed by atoms with E-state index in [1.807, 2.05) is 6.20 Å². The highest BCUT2D eigenvalue weighted by Crippen LogP contribution is 2.37. The van der Waals surface area contributed by atoms with E-state index < -0.39 is 11.7 Å². The number of benzene rings is 1. The third kappa shape index (κ3) is 4.32. The predicted molar refractivity (Wildman–Crippen MR) is 114 cm³/mol. The summed E-state index contributed by atoms with van der Waals surface area (Å²) in [6, 6.07) is 8.84. The zero-order valence-corrected chi connectivity index (χ0v) is 17.5. The number of alkyl halides is 3. The minimum atomic E-state index is -4.43. The van der Waals surface area contributed by atoms with Gasteiger partial charge in [0.05, 0.1) is 23.5 Å². The summed E-state index contributed by atoms with van der Waals surface area (Å²) in [6.07, 6.45) is 1.44. The van der Waals surface area contributed by atoms with Crippen molar-refractivity contribution in [3.63, 3.8) is 0 Å². The van der Waals surface area contributed by atoms with Crippen molar-refractivity contribution in [2.75, 3.05) is 13.1 Å². The quantitative estimate of drug-likeness (QED) is 0.554. The molecule has 32 heavy (non-hydrogen) atoms. The molecule has 5 rings (SSSR count). The highest BCUT2D eigenvalue weighted by Gasteiger charge is 2.34. The maximum atomic E-state index is 13.3. The number of halogens is 3. The van der Waals surface area contributed by atoms with Gasteiger partial charge in [0.25, 0.3) is 0 Å². The third-order valence-electron chi connectivity index (χ3n) is 5.93. The number of aromatic nitrogens is 2. The van der Waals surface area contributed by atoms with E-state index in [4.69, 9.17) is 9.40 Å². The van der Waals surface area contributed by atoms with Gasteiger partial charge < -0.3 is 4.42 Å². The predicted octanol–water partition coefficient (Wildman–Crippen LogP) is 5.29. The van der Waals surface area contributed by atoms with Gasteiger partial charge in [-0.2, -0.15) is 13.2 Å². The Kier molecular flexibility index (Phi) is 5.55. The van der Waals surface area contributed by atoms with Crippen LogP contribution in [-0.4, -0.2) is 33.7 Å². The Balaban J connectivity index is 1.29. The Morgan fingerprint density at radius 2 is 1.91 bits per heavy atom. The number of hydrogen-bond acceptors (Lipinski definition) is 5. The molecule has 8 heteroatoms. The lowest BCUT2D eigenvalue weighted by molar-refractivity contribution is -0.137. The van der Waals surface area contributed by atoms with Gasteiger partial charge in [-0.05, 0) is 37.5 Å². The first kappa shape index (κ1) is 20.9. The molecule has 0 fully saturated rings. The fraction of sp³-hybridized carbons (Fsp3) is 0.375. The monoisotopic (exact) mass is 440 g/mol. The van der Waals surface area contributed by atoms with Crippen LogP contribution in [0.5, 0.6) is 0 Å². The molecule has 2 aliphatic heterocycles. The summed E-state index contributed by atoms with van der Waals surface area (Å²) in [5, 5.41) is 0. The highest BCUT2D eigenvalue weighted by atomic mass is 19.4. The highest BCUT2D eigenvalue weighted by molar-refractivity contribution is 5.97. The minimum Gasteiger partial charge on any atom is -0.460 e. The van der Waals surface area contributed by atoms with Crippen molar-refractivity contribution in [2.45, 2.75) is 44.9 Å². The fourth-order valence-electron chi connectivity index (χ4n) is 4.30. The summed E-state index contributed by atoms with van der Waals surface area (Å²) in [4.78, 5) is 16.1. The van der Waals surface area contributed by atoms with E-state index >= 15 is 0 Å². The molecule has 0 amide bonds. The van der Waals surface area contributed by atoms with E-state index in [1.165, 1.54) is 12.1 Å². The van der Waals surface area contributed by atoms with E-state index in [9.17, 15) is 13.2 Å². The maximum Gasteiger partial charge on any atom is 0.417 e. The second-order valence-corrected chi connectivity index (χ2v) is 8.22. The summed E-state index contributed by atoms with van der Waals surface area (Å²) in [5.41, 5.74) is 2.50. The average Bonchev–Trinajstić information content (AvgIpc) is 3.27. The van der Waals surface area contributed by atoms with Crippen LogP contribution in [0.3, 0.4) is 0 Å². The van der Waals surface area contributed by atoms with E-state index in [0.29, 0.717) is 18.8 Å². The van der Waals surface area contributed by atoms with E-state index in [-0.39, 0.29) is 11.3 Å². The number of furan rings is 1. The van der Waals surface area contributed by atoms with Gasteiger partial charge in [-0.15, -0.1) is 0 Å². The molecule has 0 saturated heterocycles. The molecule has 0 N–H and O–H groups in total. The van der Waals surface area contributed by atoms with Crippen molar-refractivity contribution in [3.05, 3.63) is 71.0 Å². The van der Waals surface area contributed by atoms with Crippen molar-refractivity contribution in [1.29, 1.82) is 0 Å². The average molecular weight is 440 g/mol. The molecule has 1 aromatic carbocycles. The molecule has 5 nitrogen and oxygen atoms in total. The van der Waals surface area contributed by atoms with Crippen molar-refractivity contribution in [3.8, 4) is 11.3 Å². The molecule has 166 valence electrons. The Hall–Kier alpha value is -3.00. The van der Waals surface area contributed by atoms with E-state index in [0.717, 1.165) is 67.6 Å². The van der Waals surface area contributed by atoms with Gasteiger partial charge in [0.15, 0.2) is 5.82 Å². The number of nitrogens with zero attached hydrogens (tertiary/aromatic N) is 4. The SMILES string of the molecule is FC(F)(F)c1ccccc1-c1ccc(CN2CCc3nc(C4=NCCCC4)ncc3C2)o1. The van der Waals surface area contributed by atoms with Crippen LogP contribution in [0.4, 0.5) is 13.2 Å². The Morgan fingerprint density at radius 1 is 1.03 bits per heavy atom. The Bertz CT molecular complexity index is 1150. The first-order chi connectivity index (χ1) is 15.5. The molecular formula is C24H23F3N4O. The molecule has 4 heterocycles. The number of hydrogen-bond donors (Lipinski definition) is 0. The van der Waals surface area contributed by atoms with Crippen LogP contribution >= 0.6 is 0 Å². The topological polar surface area (TPSA) is 54.5 Å². The first-order valence-corrected chi connectivity index (χ1v) is 10.8. The lowest BCUT2D eigenvalue weighted by Crippen LogP contribution is -2.31. The second-order valence-electron chi connectivity index (χ2n) is 8.22. The van der Waals surface area contributed by atoms with Crippen LogP contribution in [-0.2, 0) is 25.7 Å². The van der Waals surface area contributed by atoms with Gasteiger partial charge in [-0.1, -0.05) is 18.2 Å². The molecule has 0 radical (unpaired) electrons. The summed E-state index contributed by atoms with van der Waals surface area (Å²) in [7, 11) is 0. The van der Waals surface area contributed by atoms with Crippen molar-refractivity contribution < 1.29 is 17.6 Å². The summed E-state index contributed by atoms with van der Waals surface area (Å²) in [5.74, 6) is 1.61. The van der Waals surface area contributed by atoms with E-state index in [2.05, 4.69) is 14.9 Å². The fourth-order valence-corrected chi connectivity index (χ4v) is 4.30. The second kappa shape index (κ2) is 8.50. The van der Waals surface area contributed by atoms with Gasteiger partial charge in [-0.25, -0.2) is 9.97 Å². The molecule has 0 unspecified atom stereocenters. The molecule has 0 bridgehead atoms. The van der Waals surface area contributed by atoms with Gasteiger partial charge in [0.2, 0.25) is 0 Å². The molecule has 0 spiro atoms. The van der Waals surface area contributed by atoms with Crippen LogP contribution in [0.15, 0.2) is 52.0 Å². The van der Waals surface area contributed by atoms with Crippen LogP contribution < -0.4 is 0 Å². The summed E-state index contributed by atoms with van der Waals surface area (Å²) < 4.78 is 45.8. The standard InChI is InChI=1S/C24H23F3N4O/c25-24(26,27)19-6-2-1-5-18(19)22-9-8-17(32-22)15-31-12-10-20-16(14-31)13-29-23(30-20)21-7-3-4-11-28-21/h1-2,5-6,8-9,13H,3-4,7,10-12,14-15H2. The van der Waals surface area contributed by atoms with Gasteiger partial charge in [0, 0.05) is 43.4 Å². The van der Waals surface area contributed by atoms with E-state index in [1.54, 1.807) is 18.2 Å². The molecule has 0 aliphatic carbocycles. The smallest absolute Gasteiger partial charge is 0.417 e. The third-order valence-corrected chi connectivity index (χ3v) is 5.93. The van der Waals surface area contributed by atoms with Gasteiger partial charge >= 0.3 is 6.18 Å². The number of fused-ring (bicyclic) bond motifs is 1. The molecule has 3 aromatic rings. The molecule has 2 aromatic heterocycles. The summed E-state index contributed by atoms with van der Waals surface area (Å²) >= 11 is 0. The molecule has 0 atom stereocenters. The normalized spacial score (nSPS) is 17.2. The van der Waals surface area contributed by atoms with Crippen molar-refractivity contribution in [2.24, 2.45) is 4.99 Å². The van der Waals surface area contributed by atoms with Crippen LogP contribution in [0.25, 0.3) is 11.3 Å². The number of rotatable bonds is 4. The van der Waals surface area contributed by atoms with Gasteiger partial charge in [0.1, 0.15) is 11.5 Å². The van der Waals surface area contributed by atoms with Gasteiger partial charge in [-0.3, -0.25) is 9.89 Å². The Labute approximate surface area is 184 Å². The molecule has 2 aliphatic rings. The van der Waals surface area contributed by atoms with Crippen molar-refractivity contribution >= 4 is 5.71 Å². The zero-order chi connectivity index (χ0) is 22.1. The lowest BCUT2D eigenvalue weighted by Gasteiger charge is -2.27. The molecular weight excluding hydrogens is 417 g/mol. The maximum absolute atomic E-state index is 13.3. The largest absolute Gasteiger partial charge is 0.460 e. The first-order valence-electron chi connectivity index (χ1n) is 10.8. The zero-order valence-electron chi connectivity index (χ0n) is 17.5. The Morgan fingerprint density at radius 3 is 2.72 bits per heavy atom. The lowest BCUT2D eigenvalue weighted by atomic mass is 10.1. The van der Waals surface area contributed by atoms with Crippen LogP contribution in [0.1, 0.15) is 47.7 Å². The summed E-state index contributed by atoms with van der Waals surface area (Å²) in [6.45, 7) is 2.84. The van der Waals surface area contributed by atoms with Crippen LogP contribution in [0.2, 0.25) is 0 Å².